The second kappa shape index (κ2) is 52.8. The number of hydrogen-bond donors (Lipinski definition) is 0. The maximum Gasteiger partial charge on any atom is 0.343 e. The van der Waals surface area contributed by atoms with E-state index in [1.807, 2.05) is 0 Å². The van der Waals surface area contributed by atoms with Gasteiger partial charge in [0.2, 0.25) is 0 Å². The quantitative estimate of drug-likeness (QED) is 0.00853. The van der Waals surface area contributed by atoms with Crippen molar-refractivity contribution in [2.75, 3.05) is 159 Å². The lowest BCUT2D eigenvalue weighted by molar-refractivity contribution is -0.156. The molecule has 628 valence electrons. The molecule has 28 nitrogen and oxygen atoms in total. The van der Waals surface area contributed by atoms with Crippen LogP contribution in [0.2, 0.25) is 0 Å². The predicted octanol–water partition coefficient (Wildman–Crippen LogP) is 13.3. The molecule has 0 radical (unpaired) electrons. The summed E-state index contributed by atoms with van der Waals surface area (Å²) in [6, 6.07) is 52.2. The summed E-state index contributed by atoms with van der Waals surface area (Å²) in [4.78, 5) is 102. The fourth-order valence-electron chi connectivity index (χ4n) is 10.2. The molecule has 0 fully saturated rings. The highest BCUT2D eigenvalue weighted by atomic mass is 16.6. The van der Waals surface area contributed by atoms with Crippen LogP contribution in [0.15, 0.2) is 244 Å². The first-order valence-corrected chi connectivity index (χ1v) is 38.1. The summed E-state index contributed by atoms with van der Waals surface area (Å²) in [5.41, 5.74) is 4.98. The molecule has 8 rings (SSSR count). The third-order valence-electron chi connectivity index (χ3n) is 16.5. The fourth-order valence-corrected chi connectivity index (χ4v) is 10.2. The van der Waals surface area contributed by atoms with E-state index < -0.39 is 53.7 Å². The largest absolute Gasteiger partial charge is 0.492 e. The van der Waals surface area contributed by atoms with Gasteiger partial charge < -0.3 is 94.7 Å². The Balaban J connectivity index is 0.572. The van der Waals surface area contributed by atoms with E-state index >= 15 is 0 Å². The summed E-state index contributed by atoms with van der Waals surface area (Å²) in [6.07, 6.45) is 2.85. The predicted molar refractivity (Wildman–Crippen MR) is 434 cm³/mol. The van der Waals surface area contributed by atoms with Crippen molar-refractivity contribution < 1.29 is 133 Å². The van der Waals surface area contributed by atoms with Gasteiger partial charge in [0.25, 0.3) is 0 Å². The van der Waals surface area contributed by atoms with Crippen LogP contribution in [0.5, 0.6) is 34.5 Å². The molecule has 0 N–H and O–H groups in total. The Hall–Kier alpha value is -12.6. The number of carbonyl (C=O) groups excluding carboxylic acids is 8. The van der Waals surface area contributed by atoms with Gasteiger partial charge in [-0.3, -0.25) is 9.59 Å². The number of rotatable bonds is 57. The molecule has 0 saturated heterocycles. The lowest BCUT2D eigenvalue weighted by Gasteiger charge is -2.12. The lowest BCUT2D eigenvalue weighted by Crippen LogP contribution is -2.22. The fraction of sp³-hybridized carbons (Fsp3) is 0.297. The normalized spacial score (nSPS) is 11.0. The second-order valence-corrected chi connectivity index (χ2v) is 25.3. The lowest BCUT2D eigenvalue weighted by atomic mass is 10.0. The molecule has 0 amide bonds. The SMILES string of the molecule is C=CC(=C)OCCOCCOCCOc1ccc(C(=O)Oc2ccc(C(=O)Oc3ccc(-c4ccc(C(=O)OCCOCCOCCOC(=O)CC(C)C(=O)OCCOCCOCCOC(=O)c5ccc(-c6ccc(OC(=O)c7ccc(OC(=O)c8ccc(OCCOCCOCCOC(=C)C=C)cc8)cc7)cc6)cc5)cc4)cc3)cc2)cc1. The van der Waals surface area contributed by atoms with Gasteiger partial charge in [-0.05, 0) is 180 Å². The van der Waals surface area contributed by atoms with Crippen molar-refractivity contribution in [3.05, 3.63) is 277 Å². The van der Waals surface area contributed by atoms with E-state index in [0.717, 1.165) is 22.3 Å². The van der Waals surface area contributed by atoms with Crippen LogP contribution in [0, 0.1) is 5.92 Å². The Kier molecular flexibility index (Phi) is 40.8. The third-order valence-corrected chi connectivity index (χ3v) is 16.5. The van der Waals surface area contributed by atoms with Crippen molar-refractivity contribution in [1.82, 2.24) is 0 Å². The molecular weight excluding hydrogens is 1540 g/mol. The molecule has 28 heteroatoms. The molecule has 119 heavy (non-hydrogen) atoms. The van der Waals surface area contributed by atoms with Gasteiger partial charge in [0.05, 0.1) is 151 Å². The minimum absolute atomic E-state index is 0.00151. The number of hydrogen-bond acceptors (Lipinski definition) is 28. The van der Waals surface area contributed by atoms with Gasteiger partial charge in [0, 0.05) is 0 Å². The Morgan fingerprint density at radius 3 is 0.748 bits per heavy atom. The zero-order valence-electron chi connectivity index (χ0n) is 66.1. The minimum atomic E-state index is -0.762. The smallest absolute Gasteiger partial charge is 0.343 e. The first-order valence-electron chi connectivity index (χ1n) is 38.1. The molecule has 0 aliphatic carbocycles. The molecule has 1 unspecified atom stereocenters. The molecule has 1 atom stereocenters. The molecular formula is C91H96O28. The van der Waals surface area contributed by atoms with Gasteiger partial charge in [-0.2, -0.15) is 0 Å². The van der Waals surface area contributed by atoms with E-state index in [1.165, 1.54) is 60.7 Å². The van der Waals surface area contributed by atoms with Crippen molar-refractivity contribution in [2.45, 2.75) is 13.3 Å². The van der Waals surface area contributed by atoms with Crippen LogP contribution < -0.4 is 28.4 Å². The van der Waals surface area contributed by atoms with Crippen LogP contribution in [0.1, 0.15) is 75.5 Å². The second-order valence-electron chi connectivity index (χ2n) is 25.3. The van der Waals surface area contributed by atoms with Crippen LogP contribution in [0.4, 0.5) is 0 Å². The van der Waals surface area contributed by atoms with Gasteiger partial charge in [-0.1, -0.05) is 81.8 Å². The highest BCUT2D eigenvalue weighted by Crippen LogP contribution is 2.28. The number of ether oxygens (including phenoxy) is 20. The first kappa shape index (κ1) is 91.9. The van der Waals surface area contributed by atoms with E-state index in [4.69, 9.17) is 94.7 Å². The van der Waals surface area contributed by atoms with Crippen molar-refractivity contribution in [3.8, 4) is 56.8 Å². The molecule has 0 saturated carbocycles. The molecule has 0 bridgehead atoms. The highest BCUT2D eigenvalue weighted by Gasteiger charge is 2.21. The number of esters is 8. The van der Waals surface area contributed by atoms with Crippen molar-refractivity contribution in [1.29, 1.82) is 0 Å². The van der Waals surface area contributed by atoms with E-state index in [-0.39, 0.29) is 108 Å². The highest BCUT2D eigenvalue weighted by molar-refractivity contribution is 5.95. The molecule has 8 aromatic carbocycles. The van der Waals surface area contributed by atoms with Crippen molar-refractivity contribution in [2.24, 2.45) is 5.92 Å². The summed E-state index contributed by atoms with van der Waals surface area (Å²) in [7, 11) is 0. The zero-order chi connectivity index (χ0) is 84.4. The maximum atomic E-state index is 13.0. The molecule has 0 spiro atoms. The van der Waals surface area contributed by atoms with Crippen LogP contribution >= 0.6 is 0 Å². The Labute approximate surface area is 689 Å². The van der Waals surface area contributed by atoms with Crippen LogP contribution in [-0.2, 0) is 75.9 Å². The van der Waals surface area contributed by atoms with Crippen molar-refractivity contribution in [3.63, 3.8) is 0 Å². The number of allylic oxidation sites excluding steroid dienone is 2. The third kappa shape index (κ3) is 35.0. The first-order chi connectivity index (χ1) is 58.0. The van der Waals surface area contributed by atoms with Crippen LogP contribution in [0.3, 0.4) is 0 Å². The van der Waals surface area contributed by atoms with Crippen LogP contribution in [0.25, 0.3) is 22.3 Å². The van der Waals surface area contributed by atoms with E-state index in [9.17, 15) is 38.4 Å². The van der Waals surface area contributed by atoms with Gasteiger partial charge in [0.1, 0.15) is 98.9 Å². The van der Waals surface area contributed by atoms with Crippen LogP contribution in [-0.4, -0.2) is 206 Å². The summed E-state index contributed by atoms with van der Waals surface area (Å²) < 4.78 is 109. The topological polar surface area (TPSA) is 321 Å². The summed E-state index contributed by atoms with van der Waals surface area (Å²) >= 11 is 0. The van der Waals surface area contributed by atoms with Gasteiger partial charge in [-0.25, -0.2) is 28.8 Å². The van der Waals surface area contributed by atoms with Gasteiger partial charge in [-0.15, -0.1) is 0 Å². The average molecular weight is 1640 g/mol. The van der Waals surface area contributed by atoms with E-state index in [2.05, 4.69) is 26.3 Å². The summed E-state index contributed by atoms with van der Waals surface area (Å²) in [6.45, 7) is 21.6. The summed E-state index contributed by atoms with van der Waals surface area (Å²) in [5.74, 6) is -2.26. The Morgan fingerprint density at radius 1 is 0.252 bits per heavy atom. The minimum Gasteiger partial charge on any atom is -0.492 e. The van der Waals surface area contributed by atoms with E-state index in [1.54, 1.807) is 153 Å². The zero-order valence-corrected chi connectivity index (χ0v) is 66.1. The monoisotopic (exact) mass is 1640 g/mol. The number of carbonyl (C=O) groups is 8. The van der Waals surface area contributed by atoms with Gasteiger partial charge >= 0.3 is 47.8 Å². The van der Waals surface area contributed by atoms with E-state index in [0.29, 0.717) is 136 Å². The van der Waals surface area contributed by atoms with Gasteiger partial charge in [0.15, 0.2) is 0 Å². The standard InChI is InChI=1S/C91H96O28/c1-6-66(4)108-56-48-100-40-42-102-50-58-110-78-28-20-74(21-29-78)88(96)118-82-36-24-76(25-37-82)90(98)116-80-32-16-70(17-33-80)68-8-12-72(13-9-68)86(94)114-62-54-106-45-44-104-52-60-112-84(92)64-65(3)85(93)113-61-53-105-46-47-107-55-63-115-87(95)73-14-10-69(11-15-73)71-18-34-81(35-19-71)117-91(99)77-26-38-83(39-27-77)119-89(97)75-22-30-79(31-23-75)111-59-51-103-43-41-101-49-57-109-67(5)7-2/h6-39,65H,1-2,4-5,40-64H2,3H3. The Bertz CT molecular complexity index is 4490. The molecule has 0 heterocycles. The number of benzene rings is 8. The Morgan fingerprint density at radius 2 is 0.462 bits per heavy atom. The molecule has 8 aromatic rings. The molecule has 0 aromatic heterocycles. The molecule has 0 aliphatic rings. The maximum absolute atomic E-state index is 13.0. The molecule has 0 aliphatic heterocycles. The average Bonchev–Trinajstić information content (AvgIpc) is 0.845. The van der Waals surface area contributed by atoms with Crippen molar-refractivity contribution >= 4 is 47.8 Å². The summed E-state index contributed by atoms with van der Waals surface area (Å²) in [5, 5.41) is 0.